The van der Waals surface area contributed by atoms with Crippen LogP contribution in [0.25, 0.3) is 0 Å². The molecule has 3 rings (SSSR count). The number of carbonyl (C=O) groups is 1. The molecule has 0 aliphatic carbocycles. The van der Waals surface area contributed by atoms with Crippen molar-refractivity contribution in [3.05, 3.63) is 81.5 Å². The predicted molar refractivity (Wildman–Crippen MR) is 121 cm³/mol. The number of anilines is 2. The first-order chi connectivity index (χ1) is 15.5. The van der Waals surface area contributed by atoms with Crippen LogP contribution in [-0.2, 0) is 35.6 Å². The zero-order chi connectivity index (χ0) is 22.9. The molecule has 0 spiro atoms. The van der Waals surface area contributed by atoms with Crippen molar-refractivity contribution in [3.63, 3.8) is 0 Å². The van der Waals surface area contributed by atoms with Crippen molar-refractivity contribution in [2.75, 3.05) is 24.7 Å². The van der Waals surface area contributed by atoms with Crippen molar-refractivity contribution in [2.24, 2.45) is 0 Å². The van der Waals surface area contributed by atoms with Crippen LogP contribution in [0.3, 0.4) is 0 Å². The smallest absolute Gasteiger partial charge is 0.340 e. The van der Waals surface area contributed by atoms with Crippen LogP contribution in [0.15, 0.2) is 53.5 Å². The lowest BCUT2D eigenvalue weighted by atomic mass is 10.1. The molecule has 2 aromatic heterocycles. The summed E-state index contributed by atoms with van der Waals surface area (Å²) in [5.74, 6) is 0.612. The van der Waals surface area contributed by atoms with E-state index in [0.717, 1.165) is 17.7 Å². The van der Waals surface area contributed by atoms with Gasteiger partial charge in [0.15, 0.2) is 0 Å². The fourth-order valence-electron chi connectivity index (χ4n) is 3.34. The molecule has 2 heterocycles. The number of benzene rings is 1. The molecule has 0 radical (unpaired) electrons. The van der Waals surface area contributed by atoms with Crippen LogP contribution < -0.4 is 56.7 Å². The van der Waals surface area contributed by atoms with E-state index in [1.165, 1.54) is 10.1 Å². The number of carbonyl (C=O) groups excluding carboxylic acids is 1. The highest BCUT2D eigenvalue weighted by atomic mass is 35.5. The molecule has 0 saturated carbocycles. The minimum Gasteiger partial charge on any atom is -1.00 e. The monoisotopic (exact) mass is 508 g/mol. The molecule has 0 atom stereocenters. The summed E-state index contributed by atoms with van der Waals surface area (Å²) in [6.07, 6.45) is 2.45. The number of pyridine rings is 1. The van der Waals surface area contributed by atoms with Crippen LogP contribution in [0.1, 0.15) is 22.5 Å². The van der Waals surface area contributed by atoms with Gasteiger partial charge in [0.2, 0.25) is 5.91 Å². The number of H-pyrrole nitrogens is 2. The molecule has 0 saturated heterocycles. The van der Waals surface area contributed by atoms with Crippen LogP contribution in [0.4, 0.5) is 11.6 Å². The molecule has 3 aromatic rings. The molecule has 1 amide bonds. The number of hydrogen-bond acceptors (Lipinski definition) is 5. The lowest BCUT2D eigenvalue weighted by Gasteiger charge is -2.12. The van der Waals surface area contributed by atoms with E-state index >= 15 is 0 Å². The Balaban J connectivity index is 0.00000289. The number of nitrogens with zero attached hydrogens (tertiary/aromatic N) is 1. The highest BCUT2D eigenvalue weighted by Crippen LogP contribution is 2.04. The summed E-state index contributed by atoms with van der Waals surface area (Å²) in [4.78, 5) is 31.6. The lowest BCUT2D eigenvalue weighted by Crippen LogP contribution is -3.00. The Hall–Kier alpha value is -3.14. The summed E-state index contributed by atoms with van der Waals surface area (Å²) in [6, 6.07) is 13.6. The van der Waals surface area contributed by atoms with Gasteiger partial charge in [0.25, 0.3) is 5.82 Å². The zero-order valence-corrected chi connectivity index (χ0v) is 20.7. The van der Waals surface area contributed by atoms with Gasteiger partial charge in [-0.25, -0.2) is 9.97 Å². The Morgan fingerprint density at radius 1 is 1.15 bits per heavy atom. The van der Waals surface area contributed by atoms with Crippen molar-refractivity contribution >= 4 is 17.5 Å². The Labute approximate surface area is 211 Å². The second-order valence-electron chi connectivity index (χ2n) is 7.48. The molecule has 11 heteroatoms. The number of nitrogen functional groups attached to an aromatic ring is 1. The highest BCUT2D eigenvalue weighted by Gasteiger charge is 2.17. The molecular formula is C23H30Cl2N6O3. The quantitative estimate of drug-likeness (QED) is 0.252. The van der Waals surface area contributed by atoms with E-state index in [2.05, 4.69) is 20.6 Å². The number of amides is 1. The second kappa shape index (κ2) is 14.2. The van der Waals surface area contributed by atoms with E-state index in [9.17, 15) is 9.59 Å². The minimum atomic E-state index is -0.306. The highest BCUT2D eigenvalue weighted by molar-refractivity contribution is 5.75. The zero-order valence-electron chi connectivity index (χ0n) is 19.2. The molecule has 34 heavy (non-hydrogen) atoms. The Kier molecular flexibility index (Phi) is 12.1. The third kappa shape index (κ3) is 8.02. The number of aryl methyl sites for hydroxylation is 1. The topological polar surface area (TPSA) is 127 Å². The number of nitrogens with one attached hydrogen (secondary N) is 4. The maximum atomic E-state index is 13.0. The van der Waals surface area contributed by atoms with E-state index in [4.69, 9.17) is 10.5 Å². The summed E-state index contributed by atoms with van der Waals surface area (Å²) in [5.41, 5.74) is 8.97. The van der Waals surface area contributed by atoms with Gasteiger partial charge in [0.05, 0.1) is 18.8 Å². The van der Waals surface area contributed by atoms with Gasteiger partial charge in [-0.1, -0.05) is 30.3 Å². The van der Waals surface area contributed by atoms with Crippen molar-refractivity contribution in [2.45, 2.75) is 33.0 Å². The van der Waals surface area contributed by atoms with Gasteiger partial charge in [-0.15, -0.1) is 0 Å². The molecule has 0 unspecified atom stereocenters. The lowest BCUT2D eigenvalue weighted by molar-refractivity contribution is -0.371. The summed E-state index contributed by atoms with van der Waals surface area (Å²) in [6.45, 7) is 2.89. The number of halogens is 2. The van der Waals surface area contributed by atoms with E-state index in [1.54, 1.807) is 19.4 Å². The van der Waals surface area contributed by atoms with Crippen LogP contribution >= 0.6 is 0 Å². The summed E-state index contributed by atoms with van der Waals surface area (Å²) >= 11 is 0. The van der Waals surface area contributed by atoms with Crippen LogP contribution in [-0.4, -0.2) is 24.1 Å². The summed E-state index contributed by atoms with van der Waals surface area (Å²) < 4.78 is 6.61. The van der Waals surface area contributed by atoms with Gasteiger partial charge < -0.3 is 34.9 Å². The van der Waals surface area contributed by atoms with Gasteiger partial charge in [0, 0.05) is 31.7 Å². The average molecular weight is 509 g/mol. The molecule has 0 aliphatic heterocycles. The largest absolute Gasteiger partial charge is 1.00 e. The van der Waals surface area contributed by atoms with Gasteiger partial charge in [-0.05, 0) is 18.6 Å². The summed E-state index contributed by atoms with van der Waals surface area (Å²) in [5, 5.41) is 6.00. The van der Waals surface area contributed by atoms with Crippen molar-refractivity contribution in [1.82, 2.24) is 9.88 Å². The Bertz CT molecular complexity index is 1130. The molecule has 6 N–H and O–H groups in total. The fraction of sp³-hybridized carbons (Fsp3) is 0.304. The number of hydrogen-bond donors (Lipinski definition) is 3. The van der Waals surface area contributed by atoms with Crippen LogP contribution in [0, 0.1) is 6.92 Å². The van der Waals surface area contributed by atoms with E-state index < -0.39 is 0 Å². The van der Waals surface area contributed by atoms with Crippen LogP contribution in [0.5, 0.6) is 0 Å². The standard InChI is InChI=1S/C23H28N6O3.2ClH/c1-16-18(8-9-20(24)28-16)12-26-21(30)14-29-19(15-32-2)13-27-22(23(29)31)25-11-10-17-6-4-3-5-7-17;;/h3-9,13H,10-12,14-15H2,1-2H3,(H2,24,28)(H,25,27)(H,26,30);2*1H. The molecule has 0 bridgehead atoms. The van der Waals surface area contributed by atoms with Crippen molar-refractivity contribution in [1.29, 1.82) is 0 Å². The SMILES string of the molecule is COCc1c[nH+]c(NCCc2ccccc2)c(=O)n1CC(=O)NCc1ccc(N)[nH+]c1C.[Cl-].[Cl-]. The first kappa shape index (κ1) is 28.9. The second-order valence-corrected chi connectivity index (χ2v) is 7.48. The maximum Gasteiger partial charge on any atom is 0.340 e. The first-order valence-corrected chi connectivity index (χ1v) is 10.4. The van der Waals surface area contributed by atoms with Crippen LogP contribution in [0.2, 0.25) is 0 Å². The number of nitrogens with two attached hydrogens (primary N) is 1. The number of rotatable bonds is 10. The fourth-order valence-corrected chi connectivity index (χ4v) is 3.34. The summed E-state index contributed by atoms with van der Waals surface area (Å²) in [7, 11) is 1.54. The number of methoxy groups -OCH3 is 1. The number of ether oxygens (including phenoxy) is 1. The molecule has 9 nitrogen and oxygen atoms in total. The maximum absolute atomic E-state index is 13.0. The van der Waals surface area contributed by atoms with Gasteiger partial charge in [-0.2, -0.15) is 0 Å². The normalized spacial score (nSPS) is 10.1. The van der Waals surface area contributed by atoms with Crippen molar-refractivity contribution < 1.29 is 44.3 Å². The van der Waals surface area contributed by atoms with Gasteiger partial charge >= 0.3 is 11.4 Å². The van der Waals surface area contributed by atoms with E-state index in [-0.39, 0.29) is 49.4 Å². The number of aromatic nitrogens is 3. The minimum absolute atomic E-state index is 0. The molecular weight excluding hydrogens is 479 g/mol. The average Bonchev–Trinajstić information content (AvgIpc) is 2.78. The number of aromatic amines is 2. The molecule has 0 aliphatic rings. The first-order valence-electron chi connectivity index (χ1n) is 10.4. The Morgan fingerprint density at radius 2 is 1.88 bits per heavy atom. The predicted octanol–water partition coefficient (Wildman–Crippen LogP) is -5.51. The Morgan fingerprint density at radius 3 is 2.56 bits per heavy atom. The third-order valence-corrected chi connectivity index (χ3v) is 5.09. The molecule has 184 valence electrons. The molecule has 1 aromatic carbocycles. The van der Waals surface area contributed by atoms with E-state index in [1.807, 2.05) is 43.3 Å². The molecule has 0 fully saturated rings. The van der Waals surface area contributed by atoms with Gasteiger partial charge in [-0.3, -0.25) is 25.2 Å². The third-order valence-electron chi connectivity index (χ3n) is 5.09. The van der Waals surface area contributed by atoms with Gasteiger partial charge in [0.1, 0.15) is 18.4 Å². The van der Waals surface area contributed by atoms with Crippen molar-refractivity contribution in [3.8, 4) is 0 Å². The van der Waals surface area contributed by atoms with E-state index in [0.29, 0.717) is 30.4 Å².